The second kappa shape index (κ2) is 8.97. The Kier molecular flexibility index (Phi) is 5.73. The van der Waals surface area contributed by atoms with Crippen molar-refractivity contribution in [1.29, 1.82) is 0 Å². The fraction of sp³-hybridized carbons (Fsp3) is 0.320. The predicted octanol–water partition coefficient (Wildman–Crippen LogP) is 3.43. The van der Waals surface area contributed by atoms with Gasteiger partial charge in [0.05, 0.1) is 31.2 Å². The number of hydrogen-bond acceptors (Lipinski definition) is 6. The lowest BCUT2D eigenvalue weighted by Gasteiger charge is -2.33. The molecule has 1 fully saturated rings. The number of aromatic nitrogens is 3. The molecule has 170 valence electrons. The monoisotopic (exact) mass is 445 g/mol. The molecule has 1 aliphatic heterocycles. The molecule has 5 rings (SSSR count). The number of anilines is 1. The molecule has 33 heavy (non-hydrogen) atoms. The van der Waals surface area contributed by atoms with Crippen LogP contribution >= 0.6 is 0 Å². The topological polar surface area (TPSA) is 81.0 Å². The molecule has 0 bridgehead atoms. The summed E-state index contributed by atoms with van der Waals surface area (Å²) in [5.74, 6) is 2.23. The highest BCUT2D eigenvalue weighted by molar-refractivity contribution is 5.84. The largest absolute Gasteiger partial charge is 0.497 e. The van der Waals surface area contributed by atoms with Crippen molar-refractivity contribution in [3.63, 3.8) is 0 Å². The van der Waals surface area contributed by atoms with Gasteiger partial charge in [-0.1, -0.05) is 0 Å². The van der Waals surface area contributed by atoms with Crippen molar-refractivity contribution in [3.05, 3.63) is 60.4 Å². The van der Waals surface area contributed by atoms with Gasteiger partial charge in [0.25, 0.3) is 0 Å². The van der Waals surface area contributed by atoms with Crippen molar-refractivity contribution < 1.29 is 14.3 Å². The van der Waals surface area contributed by atoms with E-state index in [0.717, 1.165) is 47.6 Å². The molecule has 0 spiro atoms. The lowest BCUT2D eigenvalue weighted by atomic mass is 9.97. The first-order chi connectivity index (χ1) is 16.2. The van der Waals surface area contributed by atoms with Gasteiger partial charge in [-0.2, -0.15) is 0 Å². The minimum atomic E-state index is -0.112. The molecular weight excluding hydrogens is 418 g/mol. The number of ether oxygens (including phenoxy) is 2. The highest BCUT2D eigenvalue weighted by Gasteiger charge is 2.28. The van der Waals surface area contributed by atoms with Crippen molar-refractivity contribution in [2.75, 3.05) is 32.2 Å². The summed E-state index contributed by atoms with van der Waals surface area (Å²) in [5, 5.41) is 3.09. The maximum absolute atomic E-state index is 13.1. The summed E-state index contributed by atoms with van der Waals surface area (Å²) in [6, 6.07) is 13.6. The van der Waals surface area contributed by atoms with E-state index in [9.17, 15) is 4.79 Å². The Bertz CT molecular complexity index is 1300. The van der Waals surface area contributed by atoms with Crippen molar-refractivity contribution >= 4 is 28.4 Å². The van der Waals surface area contributed by atoms with E-state index in [0.29, 0.717) is 24.5 Å². The minimum absolute atomic E-state index is 0.0443. The number of nitrogens with zero attached hydrogens (tertiary/aromatic N) is 4. The highest BCUT2D eigenvalue weighted by Crippen LogP contribution is 2.29. The molecule has 1 amide bonds. The van der Waals surface area contributed by atoms with Crippen LogP contribution in [0.25, 0.3) is 16.7 Å². The zero-order valence-electron chi connectivity index (χ0n) is 18.8. The lowest BCUT2D eigenvalue weighted by Crippen LogP contribution is -2.43. The molecule has 4 aromatic rings. The smallest absolute Gasteiger partial charge is 0.225 e. The van der Waals surface area contributed by atoms with Crippen LogP contribution in [0.1, 0.15) is 18.4 Å². The number of hydrogen-bond donors (Lipinski definition) is 1. The number of rotatable bonds is 6. The van der Waals surface area contributed by atoms with E-state index in [-0.39, 0.29) is 11.8 Å². The predicted molar refractivity (Wildman–Crippen MR) is 127 cm³/mol. The van der Waals surface area contributed by atoms with Crippen LogP contribution in [0, 0.1) is 5.92 Å². The zero-order valence-corrected chi connectivity index (χ0v) is 18.8. The summed E-state index contributed by atoms with van der Waals surface area (Å²) in [4.78, 5) is 24.6. The van der Waals surface area contributed by atoms with Crippen LogP contribution in [0.15, 0.2) is 54.9 Å². The van der Waals surface area contributed by atoms with Gasteiger partial charge in [-0.3, -0.25) is 4.79 Å². The third-order valence-corrected chi connectivity index (χ3v) is 6.25. The van der Waals surface area contributed by atoms with Crippen LogP contribution in [0.2, 0.25) is 0 Å². The summed E-state index contributed by atoms with van der Waals surface area (Å²) in [7, 11) is 3.24. The Hall–Kier alpha value is -3.81. The molecule has 1 saturated heterocycles. The van der Waals surface area contributed by atoms with Crippen molar-refractivity contribution in [2.45, 2.75) is 19.4 Å². The first kappa shape index (κ1) is 21.1. The standard InChI is InChI=1S/C25H27N5O3/c1-32-19-10-9-17(22(14-19)33-2)15-27-25(31)18-6-4-12-29(16-18)24-21-8-5-13-30(21)20-7-3-11-26-23(20)28-24/h3,5,7-11,13-14,18H,4,6,12,15-16H2,1-2H3,(H,27,31)/t18-/m1/s1. The number of amides is 1. The number of carbonyl (C=O) groups is 1. The van der Waals surface area contributed by atoms with Crippen LogP contribution in [0.4, 0.5) is 5.82 Å². The normalized spacial score (nSPS) is 16.2. The van der Waals surface area contributed by atoms with Gasteiger partial charge in [0.15, 0.2) is 11.5 Å². The van der Waals surface area contributed by atoms with Gasteiger partial charge in [-0.05, 0) is 49.2 Å². The van der Waals surface area contributed by atoms with Gasteiger partial charge in [0.1, 0.15) is 11.5 Å². The van der Waals surface area contributed by atoms with Gasteiger partial charge >= 0.3 is 0 Å². The first-order valence-electron chi connectivity index (χ1n) is 11.1. The molecule has 4 heterocycles. The SMILES string of the molecule is COc1ccc(CNC(=O)[C@@H]2CCCN(c3nc4ncccc4n4cccc34)C2)c(OC)c1. The van der Waals surface area contributed by atoms with Gasteiger partial charge in [-0.15, -0.1) is 0 Å². The van der Waals surface area contributed by atoms with E-state index in [1.54, 1.807) is 20.4 Å². The number of pyridine rings is 1. The summed E-state index contributed by atoms with van der Waals surface area (Å²) >= 11 is 0. The third kappa shape index (κ3) is 4.04. The molecule has 0 unspecified atom stereocenters. The second-order valence-corrected chi connectivity index (χ2v) is 8.23. The summed E-state index contributed by atoms with van der Waals surface area (Å²) in [5.41, 5.74) is 3.62. The molecule has 1 aromatic carbocycles. The Balaban J connectivity index is 1.33. The number of methoxy groups -OCH3 is 2. The lowest BCUT2D eigenvalue weighted by molar-refractivity contribution is -0.125. The number of carbonyl (C=O) groups excluding carboxylic acids is 1. The molecule has 1 N–H and O–H groups in total. The Labute approximate surface area is 192 Å². The van der Waals surface area contributed by atoms with E-state index in [1.165, 1.54) is 0 Å². The number of benzene rings is 1. The molecule has 8 heteroatoms. The maximum Gasteiger partial charge on any atom is 0.225 e. The van der Waals surface area contributed by atoms with Gasteiger partial charge < -0.3 is 24.1 Å². The van der Waals surface area contributed by atoms with Crippen LogP contribution in [-0.2, 0) is 11.3 Å². The van der Waals surface area contributed by atoms with Crippen molar-refractivity contribution in [2.24, 2.45) is 5.92 Å². The Morgan fingerprint density at radius 3 is 2.88 bits per heavy atom. The zero-order chi connectivity index (χ0) is 22.8. The van der Waals surface area contributed by atoms with Gasteiger partial charge in [0.2, 0.25) is 5.91 Å². The first-order valence-corrected chi connectivity index (χ1v) is 11.1. The second-order valence-electron chi connectivity index (χ2n) is 8.23. The molecule has 1 aliphatic rings. The van der Waals surface area contributed by atoms with E-state index in [2.05, 4.69) is 25.7 Å². The molecular formula is C25H27N5O3. The number of piperidine rings is 1. The summed E-state index contributed by atoms with van der Waals surface area (Å²) in [6.45, 7) is 1.89. The van der Waals surface area contributed by atoms with Crippen molar-refractivity contribution in [3.8, 4) is 11.5 Å². The highest BCUT2D eigenvalue weighted by atomic mass is 16.5. The minimum Gasteiger partial charge on any atom is -0.497 e. The van der Waals surface area contributed by atoms with E-state index in [1.807, 2.05) is 42.6 Å². The summed E-state index contributed by atoms with van der Waals surface area (Å²) < 4.78 is 12.8. The average molecular weight is 446 g/mol. The summed E-state index contributed by atoms with van der Waals surface area (Å²) in [6.07, 6.45) is 5.57. The fourth-order valence-corrected chi connectivity index (χ4v) is 4.53. The van der Waals surface area contributed by atoms with Crippen LogP contribution < -0.4 is 19.7 Å². The Morgan fingerprint density at radius 2 is 2.03 bits per heavy atom. The molecule has 1 atom stereocenters. The van der Waals surface area contributed by atoms with Gasteiger partial charge in [-0.25, -0.2) is 9.97 Å². The fourth-order valence-electron chi connectivity index (χ4n) is 4.53. The van der Waals surface area contributed by atoms with Crippen molar-refractivity contribution in [1.82, 2.24) is 19.7 Å². The molecule has 0 aliphatic carbocycles. The van der Waals surface area contributed by atoms with Crippen LogP contribution in [-0.4, -0.2) is 47.6 Å². The van der Waals surface area contributed by atoms with E-state index in [4.69, 9.17) is 14.5 Å². The quantitative estimate of drug-likeness (QED) is 0.490. The third-order valence-electron chi connectivity index (χ3n) is 6.25. The average Bonchev–Trinajstić information content (AvgIpc) is 3.37. The molecule has 0 radical (unpaired) electrons. The van der Waals surface area contributed by atoms with Crippen LogP contribution in [0.5, 0.6) is 11.5 Å². The molecule has 8 nitrogen and oxygen atoms in total. The number of nitrogens with one attached hydrogen (secondary N) is 1. The van der Waals surface area contributed by atoms with E-state index < -0.39 is 0 Å². The Morgan fingerprint density at radius 1 is 1.15 bits per heavy atom. The van der Waals surface area contributed by atoms with Gasteiger partial charge in [0, 0.05) is 43.7 Å². The number of fused-ring (bicyclic) bond motifs is 3. The molecule has 3 aromatic heterocycles. The van der Waals surface area contributed by atoms with E-state index >= 15 is 0 Å². The molecule has 0 saturated carbocycles. The van der Waals surface area contributed by atoms with Crippen LogP contribution in [0.3, 0.4) is 0 Å². The maximum atomic E-state index is 13.1.